The molecule has 1 unspecified atom stereocenters. The molecule has 0 saturated carbocycles. The first-order valence-electron chi connectivity index (χ1n) is 6.55. The van der Waals surface area contributed by atoms with Gasteiger partial charge in [0.1, 0.15) is 11.0 Å². The Bertz CT molecular complexity index is 563. The number of hydrogen-bond donors (Lipinski definition) is 1. The van der Waals surface area contributed by atoms with E-state index in [1.807, 2.05) is 23.1 Å². The molecular formula is C14H16N2O2S. The highest BCUT2D eigenvalue weighted by Crippen LogP contribution is 2.25. The SMILES string of the molecule is O=C(O)C1CCCCN1Cc1nc2ccccc2s1. The van der Waals surface area contributed by atoms with E-state index in [1.165, 1.54) is 4.70 Å². The Labute approximate surface area is 115 Å². The summed E-state index contributed by atoms with van der Waals surface area (Å²) in [5, 5.41) is 10.3. The van der Waals surface area contributed by atoms with Gasteiger partial charge >= 0.3 is 5.97 Å². The molecule has 1 aliphatic rings. The smallest absolute Gasteiger partial charge is 0.320 e. The molecule has 2 aromatic rings. The Morgan fingerprint density at radius 2 is 2.26 bits per heavy atom. The second-order valence-corrected chi connectivity index (χ2v) is 6.01. The van der Waals surface area contributed by atoms with Gasteiger partial charge in [0.25, 0.3) is 0 Å². The van der Waals surface area contributed by atoms with Crippen molar-refractivity contribution in [3.8, 4) is 0 Å². The van der Waals surface area contributed by atoms with Gasteiger partial charge < -0.3 is 5.11 Å². The highest BCUT2D eigenvalue weighted by molar-refractivity contribution is 7.18. The lowest BCUT2D eigenvalue weighted by molar-refractivity contribution is -0.144. The van der Waals surface area contributed by atoms with Crippen molar-refractivity contribution < 1.29 is 9.90 Å². The van der Waals surface area contributed by atoms with Crippen molar-refractivity contribution in [2.45, 2.75) is 31.8 Å². The van der Waals surface area contributed by atoms with E-state index in [-0.39, 0.29) is 6.04 Å². The van der Waals surface area contributed by atoms with E-state index in [2.05, 4.69) is 11.1 Å². The lowest BCUT2D eigenvalue weighted by Gasteiger charge is -2.31. The molecule has 1 aromatic heterocycles. The third kappa shape index (κ3) is 2.62. The monoisotopic (exact) mass is 276 g/mol. The lowest BCUT2D eigenvalue weighted by atomic mass is 10.0. The third-order valence-corrected chi connectivity index (χ3v) is 4.60. The molecule has 3 rings (SSSR count). The van der Waals surface area contributed by atoms with E-state index in [1.54, 1.807) is 11.3 Å². The number of hydrogen-bond acceptors (Lipinski definition) is 4. The van der Waals surface area contributed by atoms with Crippen molar-refractivity contribution in [3.05, 3.63) is 29.3 Å². The zero-order chi connectivity index (χ0) is 13.2. The zero-order valence-electron chi connectivity index (χ0n) is 10.6. The van der Waals surface area contributed by atoms with Crippen LogP contribution in [0.2, 0.25) is 0 Å². The summed E-state index contributed by atoms with van der Waals surface area (Å²) in [4.78, 5) is 17.9. The highest BCUT2D eigenvalue weighted by Gasteiger charge is 2.28. The molecule has 1 fully saturated rings. The van der Waals surface area contributed by atoms with Crippen molar-refractivity contribution in [3.63, 3.8) is 0 Å². The minimum absolute atomic E-state index is 0.347. The summed E-state index contributed by atoms with van der Waals surface area (Å²) in [5.41, 5.74) is 1.01. The quantitative estimate of drug-likeness (QED) is 0.936. The van der Waals surface area contributed by atoms with Gasteiger partial charge in [-0.2, -0.15) is 0 Å². The molecule has 1 aliphatic heterocycles. The summed E-state index contributed by atoms with van der Waals surface area (Å²) in [6.45, 7) is 1.50. The van der Waals surface area contributed by atoms with Crippen LogP contribution in [0.1, 0.15) is 24.3 Å². The summed E-state index contributed by atoms with van der Waals surface area (Å²) >= 11 is 1.66. The van der Waals surface area contributed by atoms with Crippen molar-refractivity contribution >= 4 is 27.5 Å². The Hall–Kier alpha value is -1.46. The van der Waals surface area contributed by atoms with Gasteiger partial charge in [-0.3, -0.25) is 9.69 Å². The van der Waals surface area contributed by atoms with Gasteiger partial charge in [0.05, 0.1) is 16.8 Å². The molecule has 0 aliphatic carbocycles. The van der Waals surface area contributed by atoms with Crippen LogP contribution in [-0.2, 0) is 11.3 Å². The first-order chi connectivity index (χ1) is 9.24. The molecule has 5 heteroatoms. The van der Waals surface area contributed by atoms with Crippen molar-refractivity contribution in [1.29, 1.82) is 0 Å². The summed E-state index contributed by atoms with van der Waals surface area (Å²) in [6, 6.07) is 7.69. The summed E-state index contributed by atoms with van der Waals surface area (Å²) in [7, 11) is 0. The largest absolute Gasteiger partial charge is 0.480 e. The molecular weight excluding hydrogens is 260 g/mol. The zero-order valence-corrected chi connectivity index (χ0v) is 11.4. The fourth-order valence-corrected chi connectivity index (χ4v) is 3.61. The Morgan fingerprint density at radius 3 is 3.05 bits per heavy atom. The van der Waals surface area contributed by atoms with Crippen LogP contribution in [0.4, 0.5) is 0 Å². The molecule has 1 N–H and O–H groups in total. The van der Waals surface area contributed by atoms with Crippen LogP contribution >= 0.6 is 11.3 Å². The standard InChI is InChI=1S/C14H16N2O2S/c17-14(18)11-6-3-4-8-16(11)9-13-15-10-5-1-2-7-12(10)19-13/h1-2,5,7,11H,3-4,6,8-9H2,(H,17,18). The fraction of sp³-hybridized carbons (Fsp3) is 0.429. The van der Waals surface area contributed by atoms with E-state index in [0.29, 0.717) is 6.54 Å². The molecule has 19 heavy (non-hydrogen) atoms. The van der Waals surface area contributed by atoms with E-state index in [4.69, 9.17) is 0 Å². The van der Waals surface area contributed by atoms with Gasteiger partial charge in [0, 0.05) is 0 Å². The second kappa shape index (κ2) is 5.27. The topological polar surface area (TPSA) is 53.4 Å². The molecule has 1 atom stereocenters. The Balaban J connectivity index is 1.80. The van der Waals surface area contributed by atoms with Crippen LogP contribution in [0.5, 0.6) is 0 Å². The average Bonchev–Trinajstić information content (AvgIpc) is 2.81. The third-order valence-electron chi connectivity index (χ3n) is 3.58. The van der Waals surface area contributed by atoms with Gasteiger partial charge in [-0.15, -0.1) is 11.3 Å². The number of aliphatic carboxylic acids is 1. The summed E-state index contributed by atoms with van der Waals surface area (Å²) in [5.74, 6) is -0.708. The minimum atomic E-state index is -0.708. The molecule has 4 nitrogen and oxygen atoms in total. The van der Waals surface area contributed by atoms with Gasteiger partial charge in [-0.1, -0.05) is 18.6 Å². The number of carbonyl (C=O) groups is 1. The number of aromatic nitrogens is 1. The van der Waals surface area contributed by atoms with Gasteiger partial charge in [0.15, 0.2) is 0 Å². The molecule has 1 aromatic carbocycles. The molecule has 0 bridgehead atoms. The predicted octanol–water partition coefficient (Wildman–Crippen LogP) is 2.74. The van der Waals surface area contributed by atoms with E-state index in [0.717, 1.165) is 36.3 Å². The van der Waals surface area contributed by atoms with Crippen LogP contribution < -0.4 is 0 Å². The number of thiazole rings is 1. The highest BCUT2D eigenvalue weighted by atomic mass is 32.1. The van der Waals surface area contributed by atoms with Crippen molar-refractivity contribution in [2.75, 3.05) is 6.54 Å². The van der Waals surface area contributed by atoms with Gasteiger partial charge in [-0.05, 0) is 31.5 Å². The number of fused-ring (bicyclic) bond motifs is 1. The van der Waals surface area contributed by atoms with Gasteiger partial charge in [-0.25, -0.2) is 4.98 Å². The first kappa shape index (κ1) is 12.6. The number of carboxylic acid groups (broad SMARTS) is 1. The maximum atomic E-state index is 11.3. The van der Waals surface area contributed by atoms with Crippen LogP contribution in [0, 0.1) is 0 Å². The minimum Gasteiger partial charge on any atom is -0.480 e. The van der Waals surface area contributed by atoms with Crippen molar-refractivity contribution in [1.82, 2.24) is 9.88 Å². The molecule has 2 heterocycles. The van der Waals surface area contributed by atoms with E-state index >= 15 is 0 Å². The molecule has 0 radical (unpaired) electrons. The Kier molecular flexibility index (Phi) is 3.48. The number of carboxylic acids is 1. The van der Waals surface area contributed by atoms with E-state index < -0.39 is 5.97 Å². The van der Waals surface area contributed by atoms with Crippen molar-refractivity contribution in [2.24, 2.45) is 0 Å². The molecule has 0 amide bonds. The first-order valence-corrected chi connectivity index (χ1v) is 7.37. The summed E-state index contributed by atoms with van der Waals surface area (Å²) in [6.07, 6.45) is 2.84. The second-order valence-electron chi connectivity index (χ2n) is 4.90. The van der Waals surface area contributed by atoms with Crippen LogP contribution in [-0.4, -0.2) is 33.5 Å². The lowest BCUT2D eigenvalue weighted by Crippen LogP contribution is -2.43. The van der Waals surface area contributed by atoms with Crippen LogP contribution in [0.15, 0.2) is 24.3 Å². The predicted molar refractivity (Wildman–Crippen MR) is 75.3 cm³/mol. The number of benzene rings is 1. The number of nitrogens with zero attached hydrogens (tertiary/aromatic N) is 2. The molecule has 100 valence electrons. The van der Waals surface area contributed by atoms with Crippen LogP contribution in [0.25, 0.3) is 10.2 Å². The number of likely N-dealkylation sites (tertiary alicyclic amines) is 1. The molecule has 1 saturated heterocycles. The maximum Gasteiger partial charge on any atom is 0.320 e. The number of rotatable bonds is 3. The average molecular weight is 276 g/mol. The summed E-state index contributed by atoms with van der Waals surface area (Å²) < 4.78 is 1.17. The van der Waals surface area contributed by atoms with Crippen LogP contribution in [0.3, 0.4) is 0 Å². The normalized spacial score (nSPS) is 20.7. The molecule has 0 spiro atoms. The van der Waals surface area contributed by atoms with E-state index in [9.17, 15) is 9.90 Å². The maximum absolute atomic E-state index is 11.3. The number of piperidine rings is 1. The van der Waals surface area contributed by atoms with Gasteiger partial charge in [0.2, 0.25) is 0 Å². The number of para-hydroxylation sites is 1. The Morgan fingerprint density at radius 1 is 1.42 bits per heavy atom. The fourth-order valence-electron chi connectivity index (χ4n) is 2.62.